The fourth-order valence-electron chi connectivity index (χ4n) is 4.64. The Bertz CT molecular complexity index is 1840. The summed E-state index contributed by atoms with van der Waals surface area (Å²) in [5.74, 6) is -1.23. The van der Waals surface area contributed by atoms with E-state index in [1.165, 1.54) is 23.1 Å². The number of aromatic amines is 1. The Hall–Kier alpha value is -5.08. The summed E-state index contributed by atoms with van der Waals surface area (Å²) < 4.78 is 40.2. The standard InChI is InChI=1S/C27H22ClF2N11O/c1-42-14-18-8-9-34-39(18)13-23(40-12-17(11-35-40)19-3-7-24(31)36-27(19)30)21-5-2-16(10-32-21)25-22(41-15-33-37-38-41)6-4-20(28)26(25)29/h2-12,15,23H,13-14H2,1H3,(H2,31,36)/p+1. The van der Waals surface area contributed by atoms with Crippen LogP contribution in [-0.2, 0) is 17.9 Å². The van der Waals surface area contributed by atoms with Crippen LogP contribution in [0.2, 0.25) is 5.02 Å². The maximum atomic E-state index is 15.3. The second kappa shape index (κ2) is 11.4. The molecule has 5 aromatic heterocycles. The molecule has 0 saturated carbocycles. The molecule has 15 heteroatoms. The average Bonchev–Trinajstić information content (AvgIpc) is 3.77. The molecule has 0 fully saturated rings. The van der Waals surface area contributed by atoms with Crippen molar-refractivity contribution >= 4 is 17.4 Å². The van der Waals surface area contributed by atoms with Crippen LogP contribution < -0.4 is 10.4 Å². The zero-order chi connectivity index (χ0) is 29.2. The number of nitrogens with one attached hydrogen (secondary N) is 1. The van der Waals surface area contributed by atoms with Gasteiger partial charge in [-0.25, -0.2) is 9.37 Å². The minimum atomic E-state index is -0.701. The van der Waals surface area contributed by atoms with Gasteiger partial charge in [0.1, 0.15) is 22.6 Å². The van der Waals surface area contributed by atoms with Crippen LogP contribution in [0.4, 0.5) is 14.6 Å². The molecular weight excluding hydrogens is 568 g/mol. The Morgan fingerprint density at radius 1 is 1.07 bits per heavy atom. The molecule has 0 saturated heterocycles. The predicted octanol–water partition coefficient (Wildman–Crippen LogP) is 3.55. The predicted molar refractivity (Wildman–Crippen MR) is 147 cm³/mol. The number of nitrogen functional groups attached to an aromatic ring is 1. The molecule has 42 heavy (non-hydrogen) atoms. The first-order valence-electron chi connectivity index (χ1n) is 12.6. The fraction of sp³-hybridized carbons (Fsp3) is 0.148. The number of nitrogens with zero attached hydrogens (tertiary/aromatic N) is 9. The van der Waals surface area contributed by atoms with Gasteiger partial charge in [0.25, 0.3) is 6.33 Å². The first-order chi connectivity index (χ1) is 20.4. The lowest BCUT2D eigenvalue weighted by Crippen LogP contribution is -2.33. The van der Waals surface area contributed by atoms with Crippen LogP contribution in [0.25, 0.3) is 27.9 Å². The van der Waals surface area contributed by atoms with E-state index in [1.807, 2.05) is 6.07 Å². The van der Waals surface area contributed by atoms with E-state index >= 15 is 4.39 Å². The normalized spacial score (nSPS) is 12.1. The van der Waals surface area contributed by atoms with Crippen molar-refractivity contribution in [3.8, 4) is 27.9 Å². The van der Waals surface area contributed by atoms with E-state index in [1.54, 1.807) is 65.5 Å². The van der Waals surface area contributed by atoms with Crippen LogP contribution in [-0.4, -0.2) is 52.2 Å². The highest BCUT2D eigenvalue weighted by atomic mass is 35.5. The van der Waals surface area contributed by atoms with E-state index in [9.17, 15) is 4.39 Å². The van der Waals surface area contributed by atoms with Crippen LogP contribution in [0.15, 0.2) is 73.6 Å². The quantitative estimate of drug-likeness (QED) is 0.192. The lowest BCUT2D eigenvalue weighted by molar-refractivity contribution is -0.659. The number of hydrogen-bond acceptors (Lipinski definition) is 8. The zero-order valence-electron chi connectivity index (χ0n) is 22.1. The number of hydrogen-bond donors (Lipinski definition) is 2. The minimum absolute atomic E-state index is 0.0402. The largest absolute Gasteiger partial charge is 0.384 e. The second-order valence-corrected chi connectivity index (χ2v) is 9.67. The second-order valence-electron chi connectivity index (χ2n) is 9.27. The van der Waals surface area contributed by atoms with Crippen LogP contribution >= 0.6 is 11.6 Å². The number of H-pyrrole nitrogens is 1. The van der Waals surface area contributed by atoms with Crippen molar-refractivity contribution in [3.63, 3.8) is 0 Å². The van der Waals surface area contributed by atoms with Crippen LogP contribution in [0, 0.1) is 11.8 Å². The van der Waals surface area contributed by atoms with Gasteiger partial charge in [-0.15, -0.1) is 4.68 Å². The highest BCUT2D eigenvalue weighted by Crippen LogP contribution is 2.32. The molecule has 0 aliphatic carbocycles. The number of tetrazole rings is 1. The van der Waals surface area contributed by atoms with Crippen molar-refractivity contribution in [2.45, 2.75) is 19.2 Å². The molecule has 3 N–H and O–H groups in total. The summed E-state index contributed by atoms with van der Waals surface area (Å²) >= 11 is 6.14. The number of anilines is 1. The van der Waals surface area contributed by atoms with Gasteiger partial charge in [0.15, 0.2) is 11.0 Å². The summed E-state index contributed by atoms with van der Waals surface area (Å²) in [4.78, 5) is 8.41. The Kier molecular flexibility index (Phi) is 7.37. The molecule has 6 aromatic rings. The monoisotopic (exact) mass is 590 g/mol. The molecule has 1 aromatic carbocycles. The van der Waals surface area contributed by atoms with Crippen LogP contribution in [0.1, 0.15) is 17.4 Å². The maximum absolute atomic E-state index is 15.3. The highest BCUT2D eigenvalue weighted by Gasteiger charge is 2.23. The van der Waals surface area contributed by atoms with Gasteiger partial charge in [-0.1, -0.05) is 22.9 Å². The van der Waals surface area contributed by atoms with Crippen molar-refractivity contribution in [3.05, 3.63) is 102 Å². The Morgan fingerprint density at radius 2 is 1.95 bits per heavy atom. The fourth-order valence-corrected chi connectivity index (χ4v) is 4.80. The van der Waals surface area contributed by atoms with Crippen molar-refractivity contribution in [1.82, 2.24) is 45.1 Å². The van der Waals surface area contributed by atoms with E-state index in [-0.39, 0.29) is 22.0 Å². The minimum Gasteiger partial charge on any atom is -0.384 e. The van der Waals surface area contributed by atoms with Gasteiger partial charge < -0.3 is 10.5 Å². The molecule has 0 amide bonds. The number of ether oxygens (including phenoxy) is 1. The van der Waals surface area contributed by atoms with Crippen molar-refractivity contribution in [2.24, 2.45) is 0 Å². The highest BCUT2D eigenvalue weighted by molar-refractivity contribution is 6.31. The zero-order valence-corrected chi connectivity index (χ0v) is 22.8. The molecule has 5 heterocycles. The first kappa shape index (κ1) is 27.1. The van der Waals surface area contributed by atoms with Gasteiger partial charge >= 0.3 is 0 Å². The Balaban J connectivity index is 1.41. The van der Waals surface area contributed by atoms with Crippen molar-refractivity contribution < 1.29 is 18.2 Å². The number of nitrogens with two attached hydrogens (primary N) is 1. The third-order valence-electron chi connectivity index (χ3n) is 6.67. The number of aromatic nitrogens is 10. The van der Waals surface area contributed by atoms with Gasteiger partial charge in [-0.2, -0.15) is 14.6 Å². The Morgan fingerprint density at radius 3 is 2.69 bits per heavy atom. The van der Waals surface area contributed by atoms with Crippen molar-refractivity contribution in [2.75, 3.05) is 12.8 Å². The number of halogens is 3. The maximum Gasteiger partial charge on any atom is 0.293 e. The summed E-state index contributed by atoms with van der Waals surface area (Å²) in [5.41, 5.74) is 8.97. The molecule has 6 rings (SSSR count). The number of rotatable bonds is 9. The van der Waals surface area contributed by atoms with E-state index < -0.39 is 17.8 Å². The molecule has 0 aliphatic rings. The molecule has 1 unspecified atom stereocenters. The topological polar surface area (TPSA) is 142 Å². The molecular formula is C27H23ClF2N11O+. The van der Waals surface area contributed by atoms with Gasteiger partial charge in [0.05, 0.1) is 41.3 Å². The lowest BCUT2D eigenvalue weighted by Gasteiger charge is -2.19. The van der Waals surface area contributed by atoms with Crippen molar-refractivity contribution in [1.29, 1.82) is 0 Å². The summed E-state index contributed by atoms with van der Waals surface area (Å²) in [7, 11) is 1.60. The van der Waals surface area contributed by atoms with E-state index in [0.29, 0.717) is 35.7 Å². The molecule has 0 bridgehead atoms. The summed E-state index contributed by atoms with van der Waals surface area (Å²) in [6.07, 6.45) is 7.89. The molecule has 12 nitrogen and oxygen atoms in total. The van der Waals surface area contributed by atoms with Gasteiger partial charge in [-0.3, -0.25) is 14.3 Å². The average molecular weight is 591 g/mol. The van der Waals surface area contributed by atoms with Gasteiger partial charge in [-0.05, 0) is 36.4 Å². The Labute approximate surface area is 242 Å². The molecule has 0 spiro atoms. The van der Waals surface area contributed by atoms with E-state index in [0.717, 1.165) is 5.69 Å². The molecule has 1 atom stereocenters. The third kappa shape index (κ3) is 5.20. The molecule has 0 aliphatic heterocycles. The molecule has 212 valence electrons. The van der Waals surface area contributed by atoms with E-state index in [4.69, 9.17) is 27.1 Å². The molecule has 0 radical (unpaired) electrons. The lowest BCUT2D eigenvalue weighted by atomic mass is 10.0. The smallest absolute Gasteiger partial charge is 0.293 e. The van der Waals surface area contributed by atoms with Gasteiger partial charge in [0, 0.05) is 42.4 Å². The summed E-state index contributed by atoms with van der Waals surface area (Å²) in [5, 5.41) is 19.1. The number of pyridine rings is 2. The summed E-state index contributed by atoms with van der Waals surface area (Å²) in [6.45, 7) is 0.677. The summed E-state index contributed by atoms with van der Waals surface area (Å²) in [6, 6.07) is 11.1. The number of benzene rings is 1. The van der Waals surface area contributed by atoms with Crippen LogP contribution in [0.5, 0.6) is 0 Å². The number of methoxy groups -OCH3 is 1. The first-order valence-corrected chi connectivity index (χ1v) is 13.0. The third-order valence-corrected chi connectivity index (χ3v) is 6.96. The van der Waals surface area contributed by atoms with Crippen LogP contribution in [0.3, 0.4) is 0 Å². The van der Waals surface area contributed by atoms with Gasteiger partial charge in [0.2, 0.25) is 5.95 Å². The van der Waals surface area contributed by atoms with E-state index in [2.05, 4.69) is 30.7 Å². The SMILES string of the molecule is COCc1ccnn1CC(c1ccc(-c2c(-[n+]3cnn[nH]3)ccc(Cl)c2F)cn1)n1cc(-c2ccc(N)nc2F)cn1.